The molecule has 0 amide bonds. The maximum Gasteiger partial charge on any atom is 0.265 e. The van der Waals surface area contributed by atoms with E-state index >= 15 is 0 Å². The molecule has 0 spiro atoms. The first-order valence-electron chi connectivity index (χ1n) is 11.2. The molecule has 34 heavy (non-hydrogen) atoms. The van der Waals surface area contributed by atoms with Gasteiger partial charge in [-0.1, -0.05) is 45.0 Å². The van der Waals surface area contributed by atoms with Crippen LogP contribution in [0.3, 0.4) is 0 Å². The molecular formula is C26H25N5O2S. The van der Waals surface area contributed by atoms with Crippen LogP contribution >= 0.6 is 0 Å². The smallest absolute Gasteiger partial charge is 0.263 e. The molecule has 4 heterocycles. The molecule has 0 saturated carbocycles. The van der Waals surface area contributed by atoms with Gasteiger partial charge in [0.05, 0.1) is 16.7 Å². The molecule has 7 nitrogen and oxygen atoms in total. The number of para-hydroxylation sites is 1. The molecule has 0 saturated heterocycles. The van der Waals surface area contributed by atoms with Gasteiger partial charge in [0.2, 0.25) is 0 Å². The summed E-state index contributed by atoms with van der Waals surface area (Å²) >= 11 is 0. The number of pyridine rings is 3. The predicted molar refractivity (Wildman–Crippen MR) is 134 cm³/mol. The Hall–Kier alpha value is -3.78. The molecular weight excluding hydrogens is 446 g/mol. The molecule has 0 aliphatic rings. The molecule has 8 heteroatoms. The van der Waals surface area contributed by atoms with Crippen molar-refractivity contribution in [2.75, 3.05) is 4.72 Å². The third-order valence-electron chi connectivity index (χ3n) is 5.91. The Labute approximate surface area is 198 Å². The van der Waals surface area contributed by atoms with Crippen LogP contribution in [0.25, 0.3) is 27.5 Å². The maximum absolute atomic E-state index is 13.5. The van der Waals surface area contributed by atoms with Crippen LogP contribution in [0.2, 0.25) is 0 Å². The van der Waals surface area contributed by atoms with Crippen LogP contribution < -0.4 is 4.72 Å². The summed E-state index contributed by atoms with van der Waals surface area (Å²) in [6.07, 6.45) is 5.76. The molecule has 0 aliphatic heterocycles. The highest BCUT2D eigenvalue weighted by Gasteiger charge is 2.24. The summed E-state index contributed by atoms with van der Waals surface area (Å²) in [6.45, 7) is 6.21. The van der Waals surface area contributed by atoms with Gasteiger partial charge in [-0.15, -0.1) is 0 Å². The molecule has 4 aromatic heterocycles. The summed E-state index contributed by atoms with van der Waals surface area (Å²) in [5.74, 6) is 0.507. The molecule has 172 valence electrons. The van der Waals surface area contributed by atoms with Gasteiger partial charge < -0.3 is 0 Å². The van der Waals surface area contributed by atoms with Crippen molar-refractivity contribution in [1.82, 2.24) is 19.6 Å². The molecule has 1 N–H and O–H groups in total. The summed E-state index contributed by atoms with van der Waals surface area (Å²) in [4.78, 5) is 8.86. The third kappa shape index (κ3) is 3.70. The van der Waals surface area contributed by atoms with Crippen LogP contribution in [-0.4, -0.2) is 28.0 Å². The summed E-state index contributed by atoms with van der Waals surface area (Å²) in [5, 5.41) is 5.56. The number of sulfonamides is 1. The number of nitrogens with zero attached hydrogens (tertiary/aromatic N) is 4. The van der Waals surface area contributed by atoms with E-state index in [1.54, 1.807) is 30.6 Å². The first-order valence-corrected chi connectivity index (χ1v) is 12.7. The molecule has 0 radical (unpaired) electrons. The Balaban J connectivity index is 1.67. The van der Waals surface area contributed by atoms with Gasteiger partial charge in [0.15, 0.2) is 0 Å². The van der Waals surface area contributed by atoms with Gasteiger partial charge in [-0.3, -0.25) is 9.71 Å². The van der Waals surface area contributed by atoms with Crippen molar-refractivity contribution in [1.29, 1.82) is 0 Å². The predicted octanol–water partition coefficient (Wildman–Crippen LogP) is 5.43. The van der Waals surface area contributed by atoms with Gasteiger partial charge in [-0.05, 0) is 48.2 Å². The van der Waals surface area contributed by atoms with Crippen molar-refractivity contribution in [2.24, 2.45) is 0 Å². The van der Waals surface area contributed by atoms with Crippen LogP contribution in [0, 0.1) is 0 Å². The average Bonchev–Trinajstić information content (AvgIpc) is 3.23. The molecule has 1 aromatic carbocycles. The van der Waals surface area contributed by atoms with E-state index in [-0.39, 0.29) is 10.8 Å². The molecule has 5 rings (SSSR count). The molecule has 0 bridgehead atoms. The normalized spacial score (nSPS) is 12.0. The van der Waals surface area contributed by atoms with E-state index in [2.05, 4.69) is 28.5 Å². The summed E-state index contributed by atoms with van der Waals surface area (Å²) in [7, 11) is -3.92. The highest BCUT2D eigenvalue weighted by Crippen LogP contribution is 2.37. The fourth-order valence-corrected chi connectivity index (χ4v) is 5.57. The van der Waals surface area contributed by atoms with Crippen molar-refractivity contribution < 1.29 is 8.42 Å². The van der Waals surface area contributed by atoms with Crippen LogP contribution in [0.5, 0.6) is 0 Å². The first-order chi connectivity index (χ1) is 16.4. The van der Waals surface area contributed by atoms with Gasteiger partial charge in [-0.2, -0.15) is 5.10 Å². The van der Waals surface area contributed by atoms with Crippen molar-refractivity contribution in [3.8, 4) is 11.1 Å². The van der Waals surface area contributed by atoms with Crippen LogP contribution in [0.4, 0.5) is 5.82 Å². The lowest BCUT2D eigenvalue weighted by molar-refractivity contribution is 0.601. The molecule has 0 unspecified atom stereocenters. The van der Waals surface area contributed by atoms with Crippen molar-refractivity contribution in [2.45, 2.75) is 38.0 Å². The second-order valence-electron chi connectivity index (χ2n) is 8.42. The van der Waals surface area contributed by atoms with Gasteiger partial charge in [0, 0.05) is 35.1 Å². The number of rotatable bonds is 6. The summed E-state index contributed by atoms with van der Waals surface area (Å²) in [6, 6.07) is 16.6. The zero-order valence-corrected chi connectivity index (χ0v) is 20.0. The monoisotopic (exact) mass is 471 g/mol. The Kier molecular flexibility index (Phi) is 5.53. The third-order valence-corrected chi connectivity index (χ3v) is 7.28. The Morgan fingerprint density at radius 2 is 1.79 bits per heavy atom. The molecule has 0 aliphatic carbocycles. The number of nitrogens with one attached hydrogen (secondary N) is 1. The van der Waals surface area contributed by atoms with Crippen molar-refractivity contribution >= 4 is 32.3 Å². The Morgan fingerprint density at radius 1 is 0.971 bits per heavy atom. The topological polar surface area (TPSA) is 89.2 Å². The van der Waals surface area contributed by atoms with E-state index in [0.29, 0.717) is 17.8 Å². The van der Waals surface area contributed by atoms with E-state index in [4.69, 9.17) is 5.10 Å². The number of hydrogen-bond donors (Lipinski definition) is 1. The average molecular weight is 472 g/mol. The van der Waals surface area contributed by atoms with Crippen molar-refractivity contribution in [3.63, 3.8) is 0 Å². The minimum atomic E-state index is -3.92. The highest BCUT2D eigenvalue weighted by molar-refractivity contribution is 7.93. The fraction of sp³-hybridized carbons (Fsp3) is 0.192. The van der Waals surface area contributed by atoms with E-state index in [1.165, 1.54) is 0 Å². The lowest BCUT2D eigenvalue weighted by Crippen LogP contribution is -2.16. The van der Waals surface area contributed by atoms with E-state index in [1.807, 2.05) is 54.0 Å². The number of fused-ring (bicyclic) bond motifs is 2. The molecule has 5 aromatic rings. The fourth-order valence-electron chi connectivity index (χ4n) is 4.34. The largest absolute Gasteiger partial charge is 0.265 e. The summed E-state index contributed by atoms with van der Waals surface area (Å²) in [5.41, 5.74) is 5.10. The summed E-state index contributed by atoms with van der Waals surface area (Å²) < 4.78 is 31.5. The SMILES string of the molecule is CCc1c(-c2c(C(C)C)nn3ccccc23)ccnc1NS(=O)(=O)c1cccc2cccnc12. The van der Waals surface area contributed by atoms with E-state index in [9.17, 15) is 8.42 Å². The standard InChI is InChI=1S/C26H25N5O2S/c1-4-19-20(23-21-11-5-6-16-31(21)29-24(23)17(2)3)13-15-28-26(19)30-34(32,33)22-12-7-9-18-10-8-14-27-25(18)22/h5-17H,4H2,1-3H3,(H,28,30). The zero-order chi connectivity index (χ0) is 23.9. The number of aromatic nitrogens is 4. The van der Waals surface area contributed by atoms with E-state index in [0.717, 1.165) is 33.3 Å². The first kappa shape index (κ1) is 22.0. The Morgan fingerprint density at radius 3 is 2.59 bits per heavy atom. The van der Waals surface area contributed by atoms with Crippen LogP contribution in [-0.2, 0) is 16.4 Å². The van der Waals surface area contributed by atoms with Crippen LogP contribution in [0.1, 0.15) is 37.9 Å². The second-order valence-corrected chi connectivity index (χ2v) is 10.1. The van der Waals surface area contributed by atoms with E-state index < -0.39 is 10.0 Å². The van der Waals surface area contributed by atoms with Gasteiger partial charge >= 0.3 is 0 Å². The van der Waals surface area contributed by atoms with Gasteiger partial charge in [0.1, 0.15) is 10.7 Å². The van der Waals surface area contributed by atoms with Gasteiger partial charge in [0.25, 0.3) is 10.0 Å². The lowest BCUT2D eigenvalue weighted by atomic mass is 9.94. The number of hydrogen-bond acceptors (Lipinski definition) is 5. The minimum Gasteiger partial charge on any atom is -0.263 e. The van der Waals surface area contributed by atoms with Gasteiger partial charge in [-0.25, -0.2) is 17.9 Å². The minimum absolute atomic E-state index is 0.124. The lowest BCUT2D eigenvalue weighted by Gasteiger charge is -2.16. The molecule has 0 fully saturated rings. The Bertz CT molecular complexity index is 1620. The number of anilines is 1. The molecule has 0 atom stereocenters. The maximum atomic E-state index is 13.5. The zero-order valence-electron chi connectivity index (χ0n) is 19.2. The number of benzene rings is 1. The quantitative estimate of drug-likeness (QED) is 0.357. The van der Waals surface area contributed by atoms with Crippen molar-refractivity contribution in [3.05, 3.63) is 84.4 Å². The second kappa shape index (κ2) is 8.53. The highest BCUT2D eigenvalue weighted by atomic mass is 32.2. The van der Waals surface area contributed by atoms with Crippen LogP contribution in [0.15, 0.2) is 78.1 Å².